The van der Waals surface area contributed by atoms with Crippen LogP contribution in [0.1, 0.15) is 21.6 Å². The van der Waals surface area contributed by atoms with Crippen molar-refractivity contribution in [2.75, 3.05) is 0 Å². The summed E-state index contributed by atoms with van der Waals surface area (Å²) in [5.74, 6) is 0.753. The van der Waals surface area contributed by atoms with Gasteiger partial charge in [0.15, 0.2) is 0 Å². The Morgan fingerprint density at radius 2 is 2.24 bits per heavy atom. The molecule has 1 aromatic heterocycles. The monoisotopic (exact) mass is 225 g/mol. The van der Waals surface area contributed by atoms with Gasteiger partial charge < -0.3 is 10.3 Å². The number of aromatic nitrogens is 2. The summed E-state index contributed by atoms with van der Waals surface area (Å²) in [6.45, 7) is 2.57. The summed E-state index contributed by atoms with van der Waals surface area (Å²) in [6, 6.07) is 3.99. The SMILES string of the molecule is Bc1ccc(-c2ncc(C)[nH]2)c2c1CNC2=O. The molecule has 5 heteroatoms. The zero-order valence-corrected chi connectivity index (χ0v) is 9.79. The van der Waals surface area contributed by atoms with Crippen molar-refractivity contribution in [3.8, 4) is 11.4 Å². The number of aromatic amines is 1. The zero-order chi connectivity index (χ0) is 12.0. The van der Waals surface area contributed by atoms with E-state index in [9.17, 15) is 4.79 Å². The van der Waals surface area contributed by atoms with Crippen LogP contribution in [-0.4, -0.2) is 23.7 Å². The van der Waals surface area contributed by atoms with Crippen LogP contribution in [0.15, 0.2) is 18.3 Å². The van der Waals surface area contributed by atoms with Crippen molar-refractivity contribution in [1.29, 1.82) is 0 Å². The minimum absolute atomic E-state index is 0.00671. The van der Waals surface area contributed by atoms with E-state index in [-0.39, 0.29) is 5.91 Å². The Morgan fingerprint density at radius 1 is 1.41 bits per heavy atom. The Labute approximate surface area is 99.9 Å². The first kappa shape index (κ1) is 10.1. The number of benzene rings is 1. The predicted octanol–water partition coefficient (Wildman–Crippen LogP) is -0.113. The Kier molecular flexibility index (Phi) is 2.08. The lowest BCUT2D eigenvalue weighted by atomic mass is 9.86. The number of hydrogen-bond acceptors (Lipinski definition) is 2. The largest absolute Gasteiger partial charge is 0.348 e. The first-order valence-electron chi connectivity index (χ1n) is 5.59. The van der Waals surface area contributed by atoms with Crippen LogP contribution in [-0.2, 0) is 6.54 Å². The van der Waals surface area contributed by atoms with E-state index in [2.05, 4.69) is 15.3 Å². The van der Waals surface area contributed by atoms with Crippen LogP contribution >= 0.6 is 0 Å². The van der Waals surface area contributed by atoms with Gasteiger partial charge in [-0.15, -0.1) is 0 Å². The van der Waals surface area contributed by atoms with Crippen molar-refractivity contribution in [1.82, 2.24) is 15.3 Å². The fraction of sp³-hybridized carbons (Fsp3) is 0.167. The molecule has 0 radical (unpaired) electrons. The Hall–Kier alpha value is -2.04. The molecule has 84 valence electrons. The molecule has 2 aromatic rings. The van der Waals surface area contributed by atoms with Crippen LogP contribution in [0.3, 0.4) is 0 Å². The topological polar surface area (TPSA) is 57.8 Å². The van der Waals surface area contributed by atoms with E-state index in [1.54, 1.807) is 6.20 Å². The van der Waals surface area contributed by atoms with Crippen LogP contribution in [0.2, 0.25) is 0 Å². The summed E-state index contributed by atoms with van der Waals surface area (Å²) < 4.78 is 0. The van der Waals surface area contributed by atoms with Gasteiger partial charge >= 0.3 is 0 Å². The van der Waals surface area contributed by atoms with E-state index in [4.69, 9.17) is 0 Å². The summed E-state index contributed by atoms with van der Waals surface area (Å²) in [5.41, 5.74) is 4.87. The second-order valence-corrected chi connectivity index (χ2v) is 4.38. The second kappa shape index (κ2) is 3.48. The molecule has 4 nitrogen and oxygen atoms in total. The lowest BCUT2D eigenvalue weighted by molar-refractivity contribution is 0.0966. The Bertz CT molecular complexity index is 618. The van der Waals surface area contributed by atoms with Gasteiger partial charge in [-0.05, 0) is 12.5 Å². The molecular weight excluding hydrogens is 213 g/mol. The third kappa shape index (κ3) is 1.46. The number of nitrogens with one attached hydrogen (secondary N) is 2. The van der Waals surface area contributed by atoms with Crippen LogP contribution in [0.4, 0.5) is 0 Å². The average molecular weight is 225 g/mol. The molecule has 0 unspecified atom stereocenters. The standard InChI is InChI=1S/C12H12BN3O/c1-6-4-14-11(16-6)7-2-3-9(13)8-5-15-12(17)10(7)8/h2-4H,5,13H2,1H3,(H,14,16)(H,15,17). The number of aryl methyl sites for hydroxylation is 1. The van der Waals surface area contributed by atoms with E-state index in [1.165, 1.54) is 0 Å². The van der Waals surface area contributed by atoms with Crippen molar-refractivity contribution < 1.29 is 4.79 Å². The first-order valence-corrected chi connectivity index (χ1v) is 5.59. The molecule has 1 aliphatic heterocycles. The Morgan fingerprint density at radius 3 is 2.94 bits per heavy atom. The first-order chi connectivity index (χ1) is 8.16. The lowest BCUT2D eigenvalue weighted by Gasteiger charge is -2.06. The van der Waals surface area contributed by atoms with Crippen LogP contribution in [0.25, 0.3) is 11.4 Å². The van der Waals surface area contributed by atoms with Gasteiger partial charge in [-0.1, -0.05) is 17.6 Å². The van der Waals surface area contributed by atoms with Crippen molar-refractivity contribution in [2.45, 2.75) is 13.5 Å². The normalized spacial score (nSPS) is 13.6. The molecule has 0 atom stereocenters. The summed E-state index contributed by atoms with van der Waals surface area (Å²) in [7, 11) is 2.02. The lowest BCUT2D eigenvalue weighted by Crippen LogP contribution is -2.13. The molecule has 3 rings (SSSR count). The molecule has 0 bridgehead atoms. The third-order valence-electron chi connectivity index (χ3n) is 3.16. The van der Waals surface area contributed by atoms with Gasteiger partial charge in [0.2, 0.25) is 0 Å². The molecule has 0 fully saturated rings. The highest BCUT2D eigenvalue weighted by Crippen LogP contribution is 2.25. The van der Waals surface area contributed by atoms with Crippen molar-refractivity contribution in [2.24, 2.45) is 0 Å². The molecular formula is C12H12BN3O. The average Bonchev–Trinajstić information content (AvgIpc) is 2.88. The van der Waals surface area contributed by atoms with E-state index < -0.39 is 0 Å². The van der Waals surface area contributed by atoms with Gasteiger partial charge in [0.25, 0.3) is 5.91 Å². The summed E-state index contributed by atoms with van der Waals surface area (Å²) in [6.07, 6.45) is 1.77. The highest BCUT2D eigenvalue weighted by atomic mass is 16.1. The summed E-state index contributed by atoms with van der Waals surface area (Å²) in [4.78, 5) is 19.3. The van der Waals surface area contributed by atoms with Gasteiger partial charge in [0.1, 0.15) is 13.7 Å². The van der Waals surface area contributed by atoms with E-state index in [0.29, 0.717) is 6.54 Å². The molecule has 2 N–H and O–H groups in total. The number of carbonyl (C=O) groups excluding carboxylic acids is 1. The van der Waals surface area contributed by atoms with E-state index in [1.807, 2.05) is 26.9 Å². The van der Waals surface area contributed by atoms with Crippen LogP contribution in [0, 0.1) is 6.92 Å². The maximum atomic E-state index is 11.9. The zero-order valence-electron chi connectivity index (χ0n) is 9.79. The van der Waals surface area contributed by atoms with Gasteiger partial charge in [0, 0.05) is 24.0 Å². The molecule has 0 aliphatic carbocycles. The third-order valence-corrected chi connectivity index (χ3v) is 3.16. The van der Waals surface area contributed by atoms with Gasteiger partial charge in [-0.25, -0.2) is 4.98 Å². The van der Waals surface area contributed by atoms with Crippen molar-refractivity contribution in [3.63, 3.8) is 0 Å². The molecule has 17 heavy (non-hydrogen) atoms. The number of amides is 1. The van der Waals surface area contributed by atoms with E-state index >= 15 is 0 Å². The van der Waals surface area contributed by atoms with Crippen LogP contribution < -0.4 is 10.8 Å². The highest BCUT2D eigenvalue weighted by Gasteiger charge is 2.25. The van der Waals surface area contributed by atoms with Gasteiger partial charge in [-0.2, -0.15) is 0 Å². The minimum Gasteiger partial charge on any atom is -0.348 e. The quantitative estimate of drug-likeness (QED) is 0.665. The number of carbonyl (C=O) groups is 1. The van der Waals surface area contributed by atoms with Crippen molar-refractivity contribution in [3.05, 3.63) is 35.2 Å². The Balaban J connectivity index is 2.25. The number of rotatable bonds is 1. The smallest absolute Gasteiger partial charge is 0.252 e. The van der Waals surface area contributed by atoms with E-state index in [0.717, 1.165) is 33.7 Å². The van der Waals surface area contributed by atoms with Gasteiger partial charge in [0.05, 0.1) is 5.56 Å². The maximum absolute atomic E-state index is 11.9. The second-order valence-electron chi connectivity index (χ2n) is 4.38. The number of hydrogen-bond donors (Lipinski definition) is 2. The molecule has 0 saturated heterocycles. The number of imidazole rings is 1. The molecule has 1 amide bonds. The fourth-order valence-electron chi connectivity index (χ4n) is 2.24. The minimum atomic E-state index is -0.00671. The van der Waals surface area contributed by atoms with Gasteiger partial charge in [-0.3, -0.25) is 4.79 Å². The van der Waals surface area contributed by atoms with Crippen LogP contribution in [0.5, 0.6) is 0 Å². The molecule has 0 saturated carbocycles. The fourth-order valence-corrected chi connectivity index (χ4v) is 2.24. The maximum Gasteiger partial charge on any atom is 0.252 e. The van der Waals surface area contributed by atoms with Crippen molar-refractivity contribution >= 4 is 19.2 Å². The molecule has 0 spiro atoms. The molecule has 1 aromatic carbocycles. The highest BCUT2D eigenvalue weighted by molar-refractivity contribution is 6.34. The number of fused-ring (bicyclic) bond motifs is 1. The molecule has 1 aliphatic rings. The summed E-state index contributed by atoms with van der Waals surface area (Å²) in [5, 5.41) is 2.86. The predicted molar refractivity (Wildman–Crippen MR) is 68.1 cm³/mol. The number of nitrogens with zero attached hydrogens (tertiary/aromatic N) is 1. The summed E-state index contributed by atoms with van der Waals surface area (Å²) >= 11 is 0. The number of H-pyrrole nitrogens is 1. The molecule has 2 heterocycles.